The largest absolute Gasteiger partial charge is 0.472 e. The highest BCUT2D eigenvalue weighted by atomic mass is 31.2. The number of hydrogen-bond donors (Lipinski definition) is 4. The lowest BCUT2D eigenvalue weighted by atomic mass is 10.0. The first-order valence-electron chi connectivity index (χ1n) is 29.3. The molecule has 0 rings (SSSR count). The molecule has 0 spiro atoms. The highest BCUT2D eigenvalue weighted by Crippen LogP contribution is 2.43. The Morgan fingerprint density at radius 2 is 0.863 bits per heavy atom. The van der Waals surface area contributed by atoms with E-state index in [1.54, 1.807) is 0 Å². The van der Waals surface area contributed by atoms with Gasteiger partial charge in [-0.1, -0.05) is 220 Å². The summed E-state index contributed by atoms with van der Waals surface area (Å²) in [5.41, 5.74) is 0. The highest BCUT2D eigenvalue weighted by molar-refractivity contribution is 7.47. The van der Waals surface area contributed by atoms with Crippen LogP contribution in [-0.4, -0.2) is 84.6 Å². The lowest BCUT2D eigenvalue weighted by Crippen LogP contribution is -2.51. The van der Waals surface area contributed by atoms with Crippen molar-refractivity contribution in [3.8, 4) is 0 Å². The van der Waals surface area contributed by atoms with Gasteiger partial charge in [0.15, 0.2) is 0 Å². The van der Waals surface area contributed by atoms with Gasteiger partial charge in [0.25, 0.3) is 0 Å². The second-order valence-corrected chi connectivity index (χ2v) is 22.2. The van der Waals surface area contributed by atoms with Gasteiger partial charge in [0, 0.05) is 6.42 Å². The van der Waals surface area contributed by atoms with Crippen LogP contribution < -0.4 is 5.32 Å². The summed E-state index contributed by atoms with van der Waals surface area (Å²) in [4.78, 5) is 23.3. The number of aliphatic hydroxyl groups excluding tert-OH is 2. The van der Waals surface area contributed by atoms with Gasteiger partial charge in [-0.3, -0.25) is 13.8 Å². The number of carbonyl (C=O) groups excluding carboxylic acids is 1. The number of phosphoric ester groups is 1. The number of nitrogens with one attached hydrogen (secondary N) is 1. The number of phosphoric acid groups is 1. The number of rotatable bonds is 52. The lowest BCUT2D eigenvalue weighted by Gasteiger charge is -2.28. The molecule has 0 bridgehead atoms. The first-order chi connectivity index (χ1) is 35.4. The van der Waals surface area contributed by atoms with Crippen LogP contribution in [0.5, 0.6) is 0 Å². The number of likely N-dealkylation sites (N-methyl/N-ethyl adjacent to an activating group) is 1. The van der Waals surface area contributed by atoms with Crippen molar-refractivity contribution in [1.82, 2.24) is 5.32 Å². The molecule has 4 N–H and O–H groups in total. The number of quaternary nitrogens is 1. The van der Waals surface area contributed by atoms with Crippen molar-refractivity contribution >= 4 is 13.7 Å². The molecule has 0 aromatic rings. The number of amides is 1. The fourth-order valence-electron chi connectivity index (χ4n) is 7.96. The zero-order valence-corrected chi connectivity index (χ0v) is 48.3. The molecule has 10 heteroatoms. The number of aliphatic hydroxyl groups is 2. The van der Waals surface area contributed by atoms with E-state index in [-0.39, 0.29) is 18.9 Å². The molecule has 0 aliphatic heterocycles. The van der Waals surface area contributed by atoms with Crippen molar-refractivity contribution in [1.29, 1.82) is 0 Å². The Hall–Kier alpha value is -2.88. The van der Waals surface area contributed by atoms with E-state index in [1.165, 1.54) is 96.3 Å². The molecule has 0 heterocycles. The van der Waals surface area contributed by atoms with E-state index in [1.807, 2.05) is 21.1 Å². The minimum atomic E-state index is -4.44. The SMILES string of the molecule is CC/C=C\C/C=C\C/C=C\C/C=C\C/C=C\C/C=C\C/C=C\CCCCCCCCCCCCCCCCCC(=O)NC(COP(=O)(O)OCC[N+](C)(C)C)C(O)C(O)CCC/C=C/CC/C=C/CCCCC. The number of hydrogen-bond acceptors (Lipinski definition) is 6. The van der Waals surface area contributed by atoms with Crippen LogP contribution in [0.2, 0.25) is 0 Å². The molecule has 0 aliphatic rings. The van der Waals surface area contributed by atoms with Gasteiger partial charge in [-0.05, 0) is 109 Å². The van der Waals surface area contributed by atoms with Gasteiger partial charge in [-0.2, -0.15) is 0 Å². The van der Waals surface area contributed by atoms with E-state index in [0.717, 1.165) is 89.9 Å². The molecule has 420 valence electrons. The van der Waals surface area contributed by atoms with E-state index in [2.05, 4.69) is 129 Å². The molecule has 4 atom stereocenters. The minimum Gasteiger partial charge on any atom is -0.390 e. The van der Waals surface area contributed by atoms with Gasteiger partial charge in [0.05, 0.1) is 39.9 Å². The van der Waals surface area contributed by atoms with Crippen LogP contribution in [0.4, 0.5) is 0 Å². The summed E-state index contributed by atoms with van der Waals surface area (Å²) in [6.07, 6.45) is 73.4. The van der Waals surface area contributed by atoms with E-state index in [0.29, 0.717) is 30.3 Å². The third kappa shape index (κ3) is 53.7. The van der Waals surface area contributed by atoms with Gasteiger partial charge >= 0.3 is 7.82 Å². The van der Waals surface area contributed by atoms with Crippen LogP contribution in [0.3, 0.4) is 0 Å². The Morgan fingerprint density at radius 1 is 0.493 bits per heavy atom. The molecular formula is C63H112N2O7P+. The first-order valence-corrected chi connectivity index (χ1v) is 30.8. The molecule has 0 aliphatic carbocycles. The van der Waals surface area contributed by atoms with Crippen LogP contribution in [0, 0.1) is 0 Å². The summed E-state index contributed by atoms with van der Waals surface area (Å²) in [5, 5.41) is 24.7. The summed E-state index contributed by atoms with van der Waals surface area (Å²) in [5.74, 6) is -0.276. The predicted octanol–water partition coefficient (Wildman–Crippen LogP) is 17.0. The topological polar surface area (TPSA) is 125 Å². The average Bonchev–Trinajstić information content (AvgIpc) is 3.35. The van der Waals surface area contributed by atoms with Gasteiger partial charge in [-0.15, -0.1) is 0 Å². The van der Waals surface area contributed by atoms with Crippen LogP contribution >= 0.6 is 7.82 Å². The number of allylic oxidation sites excluding steroid dienone is 18. The van der Waals surface area contributed by atoms with Gasteiger partial charge in [0.1, 0.15) is 19.3 Å². The molecule has 73 heavy (non-hydrogen) atoms. The molecule has 0 aromatic heterocycles. The predicted molar refractivity (Wildman–Crippen MR) is 315 cm³/mol. The summed E-state index contributed by atoms with van der Waals surface area (Å²) in [6.45, 7) is 4.42. The maximum absolute atomic E-state index is 13.0. The second kappa shape index (κ2) is 52.6. The summed E-state index contributed by atoms with van der Waals surface area (Å²) < 4.78 is 23.6. The molecular weight excluding hydrogens is 928 g/mol. The van der Waals surface area contributed by atoms with Gasteiger partial charge < -0.3 is 24.9 Å². The minimum absolute atomic E-state index is 0.00981. The maximum atomic E-state index is 13.0. The average molecular weight is 1040 g/mol. The molecule has 0 aromatic carbocycles. The zero-order valence-electron chi connectivity index (χ0n) is 47.4. The van der Waals surface area contributed by atoms with E-state index in [4.69, 9.17) is 9.05 Å². The van der Waals surface area contributed by atoms with Crippen molar-refractivity contribution in [3.05, 3.63) is 109 Å². The van der Waals surface area contributed by atoms with Crippen molar-refractivity contribution in [2.45, 2.75) is 244 Å². The van der Waals surface area contributed by atoms with E-state index < -0.39 is 32.7 Å². The Bertz CT molecular complexity index is 1570. The molecule has 1 amide bonds. The van der Waals surface area contributed by atoms with E-state index in [9.17, 15) is 24.5 Å². The quantitative estimate of drug-likeness (QED) is 0.0207. The standard InChI is InChI=1S/C63H111N2O7P/c1-6-8-10-12-14-16-18-20-21-22-23-24-25-26-27-28-29-30-31-32-33-34-35-36-37-38-39-40-41-42-43-44-46-48-50-52-54-56-62(67)64-60(59-72-73(69,70)71-58-57-65(3,4)5)63(68)61(66)55-53-51-49-47-45-19-17-15-13-11-9-7-2/h8,10,14-17,20-21,23-24,26-27,29-30,32-33,47,49,60-61,63,66,68H,6-7,9,11-13,18-19,22,25,28,31,34-46,48,50-59H2,1-5H3,(H-,64,67,69,70)/p+1/b10-8-,16-14-,17-15+,21-20-,24-23-,27-26-,30-29-,33-32-,49-47+. The van der Waals surface area contributed by atoms with Gasteiger partial charge in [-0.25, -0.2) is 4.57 Å². The Morgan fingerprint density at radius 3 is 1.30 bits per heavy atom. The normalized spacial score (nSPS) is 15.1. The zero-order chi connectivity index (χ0) is 53.6. The highest BCUT2D eigenvalue weighted by Gasteiger charge is 2.31. The number of nitrogens with zero attached hydrogens (tertiary/aromatic N) is 1. The molecule has 0 radical (unpaired) electrons. The Balaban J connectivity index is 4.11. The second-order valence-electron chi connectivity index (χ2n) is 20.8. The number of carbonyl (C=O) groups is 1. The molecule has 0 fully saturated rings. The maximum Gasteiger partial charge on any atom is 0.472 e. The van der Waals surface area contributed by atoms with Crippen LogP contribution in [0.1, 0.15) is 226 Å². The third-order valence-electron chi connectivity index (χ3n) is 12.6. The molecule has 9 nitrogen and oxygen atoms in total. The smallest absolute Gasteiger partial charge is 0.390 e. The van der Waals surface area contributed by atoms with Crippen LogP contribution in [-0.2, 0) is 18.4 Å². The van der Waals surface area contributed by atoms with Gasteiger partial charge in [0.2, 0.25) is 5.91 Å². The molecule has 4 unspecified atom stereocenters. The molecule has 0 saturated carbocycles. The number of unbranched alkanes of at least 4 members (excludes halogenated alkanes) is 20. The van der Waals surface area contributed by atoms with Crippen molar-refractivity contribution in [2.75, 3.05) is 40.9 Å². The van der Waals surface area contributed by atoms with Crippen molar-refractivity contribution < 1.29 is 38.0 Å². The van der Waals surface area contributed by atoms with Crippen LogP contribution in [0.15, 0.2) is 109 Å². The first kappa shape index (κ1) is 70.1. The van der Waals surface area contributed by atoms with Crippen molar-refractivity contribution in [2.24, 2.45) is 0 Å². The summed E-state index contributed by atoms with van der Waals surface area (Å²) in [7, 11) is 1.40. The Labute approximate surface area is 449 Å². The van der Waals surface area contributed by atoms with Crippen molar-refractivity contribution in [3.63, 3.8) is 0 Å². The lowest BCUT2D eigenvalue weighted by molar-refractivity contribution is -0.870. The summed E-state index contributed by atoms with van der Waals surface area (Å²) in [6, 6.07) is -1.06. The molecule has 0 saturated heterocycles. The fraction of sp³-hybridized carbons (Fsp3) is 0.698. The fourth-order valence-corrected chi connectivity index (χ4v) is 8.70. The third-order valence-corrected chi connectivity index (χ3v) is 13.6. The Kier molecular flexibility index (Phi) is 50.5. The van der Waals surface area contributed by atoms with Crippen LogP contribution in [0.25, 0.3) is 0 Å². The summed E-state index contributed by atoms with van der Waals surface area (Å²) >= 11 is 0. The van der Waals surface area contributed by atoms with E-state index >= 15 is 0 Å². The monoisotopic (exact) mass is 1040 g/mol.